The molecule has 0 saturated carbocycles. The number of hydrogen-bond acceptors (Lipinski definition) is 6. The molecule has 2 saturated heterocycles. The lowest BCUT2D eigenvalue weighted by Gasteiger charge is -2.49. The van der Waals surface area contributed by atoms with Crippen LogP contribution < -0.4 is 0 Å². The first kappa shape index (κ1) is 18.8. The molecular weight excluding hydrogens is 380 g/mol. The van der Waals surface area contributed by atoms with Gasteiger partial charge in [0.2, 0.25) is 6.23 Å². The van der Waals surface area contributed by atoms with Gasteiger partial charge in [-0.1, -0.05) is 23.3 Å². The summed E-state index contributed by atoms with van der Waals surface area (Å²) < 4.78 is 5.08. The van der Waals surface area contributed by atoms with Gasteiger partial charge < -0.3 is 4.74 Å². The van der Waals surface area contributed by atoms with E-state index in [2.05, 4.69) is 10.0 Å². The molecule has 1 aromatic carbocycles. The molecule has 1 aromatic rings. The number of β-lactam (4-membered cyclic amide) rings is 1. The molecule has 2 bridgehead atoms. The summed E-state index contributed by atoms with van der Waals surface area (Å²) in [5.41, 5.74) is 9.97. The zero-order chi connectivity index (χ0) is 20.7. The Kier molecular flexibility index (Phi) is 4.61. The maximum absolute atomic E-state index is 13.1. The number of hydrazine groups is 1. The quantitative estimate of drug-likeness (QED) is 0.253. The second kappa shape index (κ2) is 7.12. The van der Waals surface area contributed by atoms with Gasteiger partial charge in [0.15, 0.2) is 0 Å². The number of hydroxylamine groups is 2. The van der Waals surface area contributed by atoms with E-state index >= 15 is 0 Å². The average Bonchev–Trinajstić information content (AvgIpc) is 2.92. The normalized spacial score (nSPS) is 27.3. The molecular formula is C18H18N6O5. The minimum atomic E-state index is -1.07. The third-order valence-corrected chi connectivity index (χ3v) is 5.08. The smallest absolute Gasteiger partial charge is 0.431 e. The number of amides is 3. The van der Waals surface area contributed by atoms with E-state index in [1.165, 1.54) is 0 Å². The van der Waals surface area contributed by atoms with Gasteiger partial charge in [-0.05, 0) is 43.2 Å². The van der Waals surface area contributed by atoms with Crippen LogP contribution in [0.1, 0.15) is 24.2 Å². The largest absolute Gasteiger partial charge is 0.448 e. The fourth-order valence-corrected chi connectivity index (χ4v) is 3.84. The first-order valence-corrected chi connectivity index (χ1v) is 9.06. The number of benzene rings is 1. The Morgan fingerprint density at radius 2 is 2.03 bits per heavy atom. The van der Waals surface area contributed by atoms with Crippen LogP contribution in [0.15, 0.2) is 47.1 Å². The van der Waals surface area contributed by atoms with Crippen LogP contribution in [0.5, 0.6) is 0 Å². The fraction of sp³-hybridized carbons (Fsp3) is 0.389. The number of carbonyl (C=O) groups excluding carboxylic acids is 3. The molecule has 4 atom stereocenters. The molecule has 5 rings (SSSR count). The van der Waals surface area contributed by atoms with Gasteiger partial charge in [0.05, 0.1) is 12.6 Å². The Hall–Kier alpha value is -3.56. The molecule has 0 spiro atoms. The molecule has 2 fully saturated rings. The van der Waals surface area contributed by atoms with Crippen LogP contribution in [0.2, 0.25) is 0 Å². The van der Waals surface area contributed by atoms with Gasteiger partial charge in [-0.25, -0.2) is 19.7 Å². The summed E-state index contributed by atoms with van der Waals surface area (Å²) >= 11 is 0. The van der Waals surface area contributed by atoms with E-state index < -0.39 is 42.3 Å². The van der Waals surface area contributed by atoms with Crippen molar-refractivity contribution in [3.8, 4) is 0 Å². The molecule has 4 aliphatic heterocycles. The molecule has 3 amide bonds. The van der Waals surface area contributed by atoms with Crippen molar-refractivity contribution in [1.82, 2.24) is 15.1 Å². The van der Waals surface area contributed by atoms with Crippen LogP contribution >= 0.6 is 0 Å². The molecule has 4 heterocycles. The number of rotatable bonds is 3. The van der Waals surface area contributed by atoms with Gasteiger partial charge in [0, 0.05) is 10.5 Å². The second-order valence-corrected chi connectivity index (χ2v) is 6.72. The molecule has 11 heteroatoms. The third-order valence-electron chi connectivity index (χ3n) is 5.08. The Labute approximate surface area is 165 Å². The van der Waals surface area contributed by atoms with Crippen molar-refractivity contribution in [2.45, 2.75) is 38.2 Å². The predicted octanol–water partition coefficient (Wildman–Crippen LogP) is 1.99. The molecule has 150 valence electrons. The molecule has 4 unspecified atom stereocenters. The summed E-state index contributed by atoms with van der Waals surface area (Å²) in [6.07, 6.45) is -0.206. The van der Waals surface area contributed by atoms with Gasteiger partial charge in [-0.3, -0.25) is 9.59 Å². The zero-order valence-corrected chi connectivity index (χ0v) is 15.7. The second-order valence-electron chi connectivity index (χ2n) is 6.72. The zero-order valence-electron chi connectivity index (χ0n) is 15.7. The number of hydrogen-bond donors (Lipinski definition) is 0. The summed E-state index contributed by atoms with van der Waals surface area (Å²) in [6.45, 7) is 3.50. The number of nitrogens with zero attached hydrogens (tertiary/aromatic N) is 6. The first-order valence-electron chi connectivity index (χ1n) is 9.06. The lowest BCUT2D eigenvalue weighted by Crippen LogP contribution is -2.74. The Morgan fingerprint density at radius 3 is 2.69 bits per heavy atom. The summed E-state index contributed by atoms with van der Waals surface area (Å²) in [7, 11) is 0. The molecule has 0 radical (unpaired) electrons. The Balaban J connectivity index is 1.79. The lowest BCUT2D eigenvalue weighted by atomic mass is 9.86. The summed E-state index contributed by atoms with van der Waals surface area (Å²) in [4.78, 5) is 47.0. The van der Waals surface area contributed by atoms with Crippen molar-refractivity contribution in [3.05, 3.63) is 58.0 Å². The van der Waals surface area contributed by atoms with Gasteiger partial charge in [0.1, 0.15) is 12.1 Å². The number of azide groups is 1. The Bertz CT molecular complexity index is 943. The number of carbonyl (C=O) groups is 3. The summed E-state index contributed by atoms with van der Waals surface area (Å²) in [6, 6.07) is 5.91. The van der Waals surface area contributed by atoms with Crippen molar-refractivity contribution in [2.24, 2.45) is 5.11 Å². The highest BCUT2D eigenvalue weighted by molar-refractivity contribution is 5.96. The van der Waals surface area contributed by atoms with Crippen LogP contribution in [-0.2, 0) is 14.4 Å². The topological polar surface area (TPSA) is 128 Å². The molecule has 0 N–H and O–H groups in total. The van der Waals surface area contributed by atoms with Crippen LogP contribution in [0.25, 0.3) is 10.4 Å². The molecule has 11 nitrogen and oxygen atoms in total. The molecule has 0 aliphatic carbocycles. The average molecular weight is 398 g/mol. The third kappa shape index (κ3) is 2.79. The van der Waals surface area contributed by atoms with Crippen molar-refractivity contribution < 1.29 is 24.0 Å². The highest BCUT2D eigenvalue weighted by atomic mass is 16.7. The lowest BCUT2D eigenvalue weighted by molar-refractivity contribution is -0.211. The van der Waals surface area contributed by atoms with Gasteiger partial charge in [0.25, 0.3) is 11.8 Å². The van der Waals surface area contributed by atoms with E-state index in [0.717, 1.165) is 15.1 Å². The van der Waals surface area contributed by atoms with Crippen LogP contribution in [0.3, 0.4) is 0 Å². The van der Waals surface area contributed by atoms with E-state index in [9.17, 15) is 14.4 Å². The monoisotopic (exact) mass is 398 g/mol. The van der Waals surface area contributed by atoms with Gasteiger partial charge in [-0.15, -0.1) is 0 Å². The minimum absolute atomic E-state index is 0.0906. The van der Waals surface area contributed by atoms with E-state index in [1.54, 1.807) is 50.3 Å². The van der Waals surface area contributed by atoms with E-state index in [4.69, 9.17) is 15.1 Å². The van der Waals surface area contributed by atoms with E-state index in [0.29, 0.717) is 11.1 Å². The van der Waals surface area contributed by atoms with Crippen LogP contribution in [0, 0.1) is 0 Å². The van der Waals surface area contributed by atoms with E-state index in [1.807, 2.05) is 0 Å². The summed E-state index contributed by atoms with van der Waals surface area (Å²) in [5, 5.41) is 6.93. The maximum atomic E-state index is 13.1. The minimum Gasteiger partial charge on any atom is -0.448 e. The van der Waals surface area contributed by atoms with Gasteiger partial charge in [-0.2, -0.15) is 5.01 Å². The summed E-state index contributed by atoms with van der Waals surface area (Å²) in [5.74, 6) is -0.991. The fourth-order valence-electron chi connectivity index (χ4n) is 3.84. The standard InChI is InChI=1S/C18H18N6O5/c1-3-28-18(27)22-12-9-10(2)14(15-13(20-21-19)17(26)23(15)22)24(29-12)16(25)11-7-5-4-6-8-11/h4-9,12-15H,3H2,1-2H3. The van der Waals surface area contributed by atoms with Crippen molar-refractivity contribution in [1.29, 1.82) is 0 Å². The van der Waals surface area contributed by atoms with Crippen molar-refractivity contribution in [3.63, 3.8) is 0 Å². The van der Waals surface area contributed by atoms with Crippen molar-refractivity contribution in [2.75, 3.05) is 6.61 Å². The Morgan fingerprint density at radius 1 is 1.31 bits per heavy atom. The van der Waals surface area contributed by atoms with Crippen LogP contribution in [0.4, 0.5) is 4.79 Å². The maximum Gasteiger partial charge on any atom is 0.431 e. The van der Waals surface area contributed by atoms with Gasteiger partial charge >= 0.3 is 6.09 Å². The first-order chi connectivity index (χ1) is 14.0. The molecule has 4 aliphatic rings. The highest BCUT2D eigenvalue weighted by Crippen LogP contribution is 2.42. The number of fused-ring (bicyclic) bond motifs is 1. The predicted molar refractivity (Wildman–Crippen MR) is 97.5 cm³/mol. The highest BCUT2D eigenvalue weighted by Gasteiger charge is 2.62. The SMILES string of the molecule is CCOC(=O)N1C2C=C(C)C(C3C(N=[N+]=[N-])C(=O)N31)N(C(=O)c1ccccc1)O2. The van der Waals surface area contributed by atoms with Crippen LogP contribution in [-0.4, -0.2) is 63.9 Å². The number of ether oxygens (including phenoxy) is 1. The van der Waals surface area contributed by atoms with Crippen molar-refractivity contribution >= 4 is 17.9 Å². The molecule has 29 heavy (non-hydrogen) atoms. The molecule has 0 aromatic heterocycles. The van der Waals surface area contributed by atoms with E-state index in [-0.39, 0.29) is 6.61 Å².